The number of carbonyl (C=O) groups is 1. The van der Waals surface area contributed by atoms with Crippen molar-refractivity contribution in [1.29, 1.82) is 0 Å². The van der Waals surface area contributed by atoms with E-state index >= 15 is 0 Å². The lowest BCUT2D eigenvalue weighted by Gasteiger charge is -2.35. The van der Waals surface area contributed by atoms with Crippen LogP contribution in [0.5, 0.6) is 0 Å². The van der Waals surface area contributed by atoms with Gasteiger partial charge >= 0.3 is 0 Å². The Morgan fingerprint density at radius 2 is 2.00 bits per heavy atom. The molecule has 2 atom stereocenters. The van der Waals surface area contributed by atoms with Gasteiger partial charge in [-0.2, -0.15) is 0 Å². The van der Waals surface area contributed by atoms with Crippen LogP contribution in [0.4, 0.5) is 11.5 Å². The molecule has 2 saturated heterocycles. The van der Waals surface area contributed by atoms with Crippen LogP contribution < -0.4 is 15.4 Å². The zero-order chi connectivity index (χ0) is 25.6. The molecule has 0 bridgehead atoms. The van der Waals surface area contributed by atoms with E-state index in [1.54, 1.807) is 15.5 Å². The summed E-state index contributed by atoms with van der Waals surface area (Å²) >= 11 is 6.19. The van der Waals surface area contributed by atoms with Gasteiger partial charge < -0.3 is 15.5 Å². The molecule has 36 heavy (non-hydrogen) atoms. The fourth-order valence-corrected chi connectivity index (χ4v) is 5.84. The molecule has 4 heterocycles. The first kappa shape index (κ1) is 24.8. The highest BCUT2D eigenvalue weighted by Gasteiger charge is 2.32. The highest BCUT2D eigenvalue weighted by atomic mass is 35.5. The van der Waals surface area contributed by atoms with E-state index in [0.29, 0.717) is 11.6 Å². The highest BCUT2D eigenvalue weighted by Crippen LogP contribution is 2.34. The summed E-state index contributed by atoms with van der Waals surface area (Å²) in [5.74, 6) is 0.604. The number of benzene rings is 1. The second-order valence-corrected chi connectivity index (χ2v) is 11.9. The molecule has 2 aliphatic rings. The number of piperidine rings is 1. The smallest absolute Gasteiger partial charge is 0.256 e. The third-order valence-corrected chi connectivity index (χ3v) is 7.60. The van der Waals surface area contributed by atoms with E-state index in [9.17, 15) is 13.2 Å². The lowest BCUT2D eigenvalue weighted by Crippen LogP contribution is -2.39. The number of hydrogen-bond acceptors (Lipinski definition) is 7. The number of nitrogens with zero attached hydrogens (tertiary/aromatic N) is 5. The van der Waals surface area contributed by atoms with E-state index in [4.69, 9.17) is 27.4 Å². The van der Waals surface area contributed by atoms with Gasteiger partial charge in [0.2, 0.25) is 10.0 Å². The SMILES string of the molecule is Cc1cc2nc([C@H]3CCCCN3C(=O)c3cc(Cl)ccc3NS(C)(=O)=O)cn2nc1N1CC[C@H](N)C1. The Kier molecular flexibility index (Phi) is 6.56. The van der Waals surface area contributed by atoms with Crippen molar-refractivity contribution in [2.24, 2.45) is 5.73 Å². The van der Waals surface area contributed by atoms with Gasteiger partial charge in [0.1, 0.15) is 0 Å². The Balaban J connectivity index is 1.49. The Hall–Kier alpha value is -2.89. The average Bonchev–Trinajstić information content (AvgIpc) is 3.44. The van der Waals surface area contributed by atoms with Gasteiger partial charge in [-0.3, -0.25) is 9.52 Å². The molecule has 2 aromatic heterocycles. The number of rotatable bonds is 5. The Labute approximate surface area is 215 Å². The lowest BCUT2D eigenvalue weighted by molar-refractivity contribution is 0.0607. The first-order valence-corrected chi connectivity index (χ1v) is 14.3. The number of nitrogens with one attached hydrogen (secondary N) is 1. The number of aryl methyl sites for hydroxylation is 1. The highest BCUT2D eigenvalue weighted by molar-refractivity contribution is 7.92. The van der Waals surface area contributed by atoms with E-state index in [-0.39, 0.29) is 29.2 Å². The maximum atomic E-state index is 13.7. The van der Waals surface area contributed by atoms with Gasteiger partial charge in [-0.05, 0) is 62.4 Å². The van der Waals surface area contributed by atoms with E-state index in [1.807, 2.05) is 19.2 Å². The fraction of sp³-hybridized carbons (Fsp3) is 0.458. The van der Waals surface area contributed by atoms with E-state index in [2.05, 4.69) is 9.62 Å². The average molecular weight is 532 g/mol. The van der Waals surface area contributed by atoms with E-state index in [0.717, 1.165) is 67.8 Å². The lowest BCUT2D eigenvalue weighted by atomic mass is 9.98. The second kappa shape index (κ2) is 9.53. The number of imidazole rings is 1. The second-order valence-electron chi connectivity index (χ2n) is 9.69. The minimum Gasteiger partial charge on any atom is -0.353 e. The topological polar surface area (TPSA) is 126 Å². The molecular weight excluding hydrogens is 502 g/mol. The number of hydrogen-bond donors (Lipinski definition) is 2. The van der Waals surface area contributed by atoms with Crippen LogP contribution in [-0.4, -0.2) is 65.8 Å². The number of amides is 1. The standard InChI is InChI=1S/C24H30ClN7O3S/c1-15-11-22-27-20(14-32(22)28-23(15)30-10-8-17(26)13-30)21-5-3-4-9-31(21)24(33)18-12-16(25)6-7-19(18)29-36(2,34)35/h6-7,11-12,14,17,21,29H,3-5,8-10,13,26H2,1-2H3/t17-,21+/m0/s1. The maximum absolute atomic E-state index is 13.7. The molecule has 2 aliphatic heterocycles. The summed E-state index contributed by atoms with van der Waals surface area (Å²) < 4.78 is 28.0. The monoisotopic (exact) mass is 531 g/mol. The summed E-state index contributed by atoms with van der Waals surface area (Å²) in [6, 6.07) is 6.47. The molecular formula is C24H30ClN7O3S. The maximum Gasteiger partial charge on any atom is 0.256 e. The van der Waals surface area contributed by atoms with Crippen LogP contribution in [0.15, 0.2) is 30.5 Å². The van der Waals surface area contributed by atoms with Gasteiger partial charge in [0.25, 0.3) is 5.91 Å². The van der Waals surface area contributed by atoms with E-state index in [1.165, 1.54) is 12.1 Å². The van der Waals surface area contributed by atoms with Crippen molar-refractivity contribution in [3.63, 3.8) is 0 Å². The van der Waals surface area contributed by atoms with Crippen molar-refractivity contribution < 1.29 is 13.2 Å². The molecule has 0 spiro atoms. The van der Waals surface area contributed by atoms with Crippen LogP contribution in [0.1, 0.15) is 53.3 Å². The molecule has 2 fully saturated rings. The summed E-state index contributed by atoms with van der Waals surface area (Å²) in [7, 11) is -3.58. The normalized spacial score (nSPS) is 20.8. The van der Waals surface area contributed by atoms with Crippen LogP contribution in [0.25, 0.3) is 5.65 Å². The third-order valence-electron chi connectivity index (χ3n) is 6.77. The quantitative estimate of drug-likeness (QED) is 0.518. The number of aromatic nitrogens is 3. The fourth-order valence-electron chi connectivity index (χ4n) is 5.09. The first-order chi connectivity index (χ1) is 17.1. The molecule has 3 N–H and O–H groups in total. The van der Waals surface area contributed by atoms with E-state index < -0.39 is 10.0 Å². The minimum absolute atomic E-state index is 0.149. The molecule has 1 amide bonds. The molecule has 0 unspecified atom stereocenters. The molecule has 10 nitrogen and oxygen atoms in total. The van der Waals surface area contributed by atoms with Crippen LogP contribution in [-0.2, 0) is 10.0 Å². The molecule has 1 aromatic carbocycles. The summed E-state index contributed by atoms with van der Waals surface area (Å²) in [4.78, 5) is 22.5. The number of carbonyl (C=O) groups excluding carboxylic acids is 1. The van der Waals surface area contributed by atoms with Crippen molar-refractivity contribution in [3.8, 4) is 0 Å². The summed E-state index contributed by atoms with van der Waals surface area (Å²) in [6.07, 6.45) is 6.43. The van der Waals surface area contributed by atoms with Gasteiger partial charge in [-0.25, -0.2) is 17.9 Å². The van der Waals surface area contributed by atoms with Crippen LogP contribution >= 0.6 is 11.6 Å². The van der Waals surface area contributed by atoms with Gasteiger partial charge in [0.05, 0.1) is 35.4 Å². The van der Waals surface area contributed by atoms with Crippen molar-refractivity contribution >= 4 is 44.7 Å². The van der Waals surface area contributed by atoms with Crippen molar-refractivity contribution in [1.82, 2.24) is 19.5 Å². The van der Waals surface area contributed by atoms with Crippen LogP contribution in [0, 0.1) is 6.92 Å². The largest absolute Gasteiger partial charge is 0.353 e. The Morgan fingerprint density at radius 3 is 2.72 bits per heavy atom. The molecule has 0 saturated carbocycles. The number of nitrogens with two attached hydrogens (primary N) is 1. The van der Waals surface area contributed by atoms with Crippen LogP contribution in [0.3, 0.4) is 0 Å². The molecule has 12 heteroatoms. The minimum atomic E-state index is -3.58. The van der Waals surface area contributed by atoms with Gasteiger partial charge in [-0.1, -0.05) is 11.6 Å². The molecule has 5 rings (SSSR count). The van der Waals surface area contributed by atoms with Crippen LogP contribution in [0.2, 0.25) is 5.02 Å². The van der Waals surface area contributed by atoms with Gasteiger partial charge in [0.15, 0.2) is 11.5 Å². The number of fused-ring (bicyclic) bond motifs is 1. The molecule has 0 aliphatic carbocycles. The predicted octanol–water partition coefficient (Wildman–Crippen LogP) is 2.97. The molecule has 192 valence electrons. The van der Waals surface area contributed by atoms with Crippen molar-refractivity contribution in [2.45, 2.75) is 44.7 Å². The van der Waals surface area contributed by atoms with Crippen molar-refractivity contribution in [2.75, 3.05) is 35.5 Å². The third kappa shape index (κ3) is 5.00. The number of likely N-dealkylation sites (tertiary alicyclic amines) is 1. The summed E-state index contributed by atoms with van der Waals surface area (Å²) in [5.41, 5.74) is 9.02. The zero-order valence-electron chi connectivity index (χ0n) is 20.3. The Bertz CT molecular complexity index is 1420. The summed E-state index contributed by atoms with van der Waals surface area (Å²) in [5, 5.41) is 5.18. The number of anilines is 2. The van der Waals surface area contributed by atoms with Gasteiger partial charge in [-0.15, -0.1) is 5.10 Å². The zero-order valence-corrected chi connectivity index (χ0v) is 21.9. The first-order valence-electron chi connectivity index (χ1n) is 12.0. The molecule has 3 aromatic rings. The Morgan fingerprint density at radius 1 is 1.19 bits per heavy atom. The number of halogens is 1. The number of sulfonamides is 1. The summed E-state index contributed by atoms with van der Waals surface area (Å²) in [6.45, 7) is 4.20. The molecule has 0 radical (unpaired) electrons. The van der Waals surface area contributed by atoms with Crippen molar-refractivity contribution in [3.05, 3.63) is 52.3 Å². The predicted molar refractivity (Wildman–Crippen MR) is 140 cm³/mol. The van der Waals surface area contributed by atoms with Gasteiger partial charge in [0, 0.05) is 30.7 Å².